The fraction of sp³-hybridized carbons (Fsp3) is 0.333. The van der Waals surface area contributed by atoms with Gasteiger partial charge in [-0.2, -0.15) is 5.26 Å². The number of esters is 1. The Balaban J connectivity index is 3.00. The first kappa shape index (κ1) is 14.0. The molecule has 5 heteroatoms. The number of hydrogen-bond acceptors (Lipinski definition) is 3. The van der Waals surface area contributed by atoms with Gasteiger partial charge >= 0.3 is 5.97 Å². The summed E-state index contributed by atoms with van der Waals surface area (Å²) in [4.78, 5) is 11.3. The molecule has 0 aliphatic carbocycles. The number of hydrogen-bond donors (Lipinski definition) is 0. The van der Waals surface area contributed by atoms with Crippen molar-refractivity contribution in [2.24, 2.45) is 0 Å². The maximum absolute atomic E-state index is 11.3. The number of ether oxygens (including phenoxy) is 1. The van der Waals surface area contributed by atoms with Gasteiger partial charge in [-0.15, -0.1) is 11.6 Å². The zero-order valence-electron chi connectivity index (χ0n) is 9.30. The summed E-state index contributed by atoms with van der Waals surface area (Å²) >= 11 is 9.06. The quantitative estimate of drug-likeness (QED) is 0.633. The van der Waals surface area contributed by atoms with Gasteiger partial charge in [0.25, 0.3) is 0 Å². The van der Waals surface area contributed by atoms with Crippen LogP contribution in [0.1, 0.15) is 23.6 Å². The SMILES string of the molecule is CCOC(=O)Cc1cc(Br)c(C#N)c(CCl)c1. The predicted octanol–water partition coefficient (Wildman–Crippen LogP) is 3.17. The monoisotopic (exact) mass is 315 g/mol. The Morgan fingerprint density at radius 2 is 2.29 bits per heavy atom. The van der Waals surface area contributed by atoms with E-state index in [1.807, 2.05) is 0 Å². The van der Waals surface area contributed by atoms with Gasteiger partial charge in [0.05, 0.1) is 18.6 Å². The summed E-state index contributed by atoms with van der Waals surface area (Å²) < 4.78 is 5.51. The van der Waals surface area contributed by atoms with Crippen LogP contribution < -0.4 is 0 Å². The van der Waals surface area contributed by atoms with E-state index < -0.39 is 0 Å². The normalized spacial score (nSPS) is 9.76. The second-order valence-electron chi connectivity index (χ2n) is 3.34. The number of rotatable bonds is 4. The van der Waals surface area contributed by atoms with Crippen LogP contribution in [0.2, 0.25) is 0 Å². The van der Waals surface area contributed by atoms with Crippen LogP contribution in [0.15, 0.2) is 16.6 Å². The first-order valence-electron chi connectivity index (χ1n) is 5.05. The number of carbonyl (C=O) groups is 1. The molecule has 0 N–H and O–H groups in total. The summed E-state index contributed by atoms with van der Waals surface area (Å²) in [6, 6.07) is 5.57. The van der Waals surface area contributed by atoms with Crippen LogP contribution in [0, 0.1) is 11.3 Å². The Morgan fingerprint density at radius 1 is 1.59 bits per heavy atom. The van der Waals surface area contributed by atoms with Gasteiger partial charge in [0.2, 0.25) is 0 Å². The van der Waals surface area contributed by atoms with Gasteiger partial charge in [0, 0.05) is 10.4 Å². The van der Waals surface area contributed by atoms with E-state index >= 15 is 0 Å². The van der Waals surface area contributed by atoms with Crippen LogP contribution in [0.3, 0.4) is 0 Å². The molecule has 0 fully saturated rings. The summed E-state index contributed by atoms with van der Waals surface area (Å²) in [7, 11) is 0. The molecule has 0 saturated carbocycles. The standard InChI is InChI=1S/C12H11BrClNO2/c1-2-17-12(16)5-8-3-9(6-14)10(7-15)11(13)4-8/h3-4H,2,5-6H2,1H3. The summed E-state index contributed by atoms with van der Waals surface area (Å²) in [6.07, 6.45) is 0.183. The smallest absolute Gasteiger partial charge is 0.310 e. The largest absolute Gasteiger partial charge is 0.466 e. The minimum absolute atomic E-state index is 0.183. The molecule has 0 aromatic heterocycles. The molecule has 0 bridgehead atoms. The highest BCUT2D eigenvalue weighted by Crippen LogP contribution is 2.24. The number of nitriles is 1. The van der Waals surface area contributed by atoms with Crippen LogP contribution in [-0.2, 0) is 21.8 Å². The molecule has 0 unspecified atom stereocenters. The van der Waals surface area contributed by atoms with E-state index in [0.717, 1.165) is 5.56 Å². The third-order valence-corrected chi connectivity index (χ3v) is 3.05. The molecule has 0 atom stereocenters. The molecule has 1 rings (SSSR count). The highest BCUT2D eigenvalue weighted by molar-refractivity contribution is 9.10. The average molecular weight is 317 g/mol. The van der Waals surface area contributed by atoms with E-state index in [9.17, 15) is 4.79 Å². The molecule has 1 aromatic rings. The minimum Gasteiger partial charge on any atom is -0.466 e. The van der Waals surface area contributed by atoms with Crippen molar-refractivity contribution in [3.05, 3.63) is 33.3 Å². The van der Waals surface area contributed by atoms with Crippen molar-refractivity contribution in [1.82, 2.24) is 0 Å². The highest BCUT2D eigenvalue weighted by atomic mass is 79.9. The molecule has 0 amide bonds. The Labute approximate surface area is 113 Å². The lowest BCUT2D eigenvalue weighted by molar-refractivity contribution is -0.142. The zero-order chi connectivity index (χ0) is 12.8. The number of halogens is 2. The predicted molar refractivity (Wildman–Crippen MR) is 68.8 cm³/mol. The molecule has 17 heavy (non-hydrogen) atoms. The third-order valence-electron chi connectivity index (χ3n) is 2.14. The van der Waals surface area contributed by atoms with E-state index in [-0.39, 0.29) is 18.3 Å². The first-order chi connectivity index (χ1) is 8.12. The van der Waals surface area contributed by atoms with Gasteiger partial charge in [0.15, 0.2) is 0 Å². The maximum Gasteiger partial charge on any atom is 0.310 e. The second kappa shape index (κ2) is 6.63. The number of benzene rings is 1. The average Bonchev–Trinajstić information content (AvgIpc) is 2.28. The zero-order valence-corrected chi connectivity index (χ0v) is 11.6. The molecular weight excluding hydrogens is 305 g/mol. The van der Waals surface area contributed by atoms with Crippen LogP contribution in [-0.4, -0.2) is 12.6 Å². The van der Waals surface area contributed by atoms with Gasteiger partial charge in [-0.25, -0.2) is 0 Å². The van der Waals surface area contributed by atoms with E-state index in [0.29, 0.717) is 22.2 Å². The highest BCUT2D eigenvalue weighted by Gasteiger charge is 2.11. The van der Waals surface area contributed by atoms with E-state index in [4.69, 9.17) is 21.6 Å². The molecular formula is C12H11BrClNO2. The molecule has 0 saturated heterocycles. The molecule has 0 aliphatic heterocycles. The lowest BCUT2D eigenvalue weighted by Gasteiger charge is -2.07. The van der Waals surface area contributed by atoms with Gasteiger partial charge in [0.1, 0.15) is 6.07 Å². The third kappa shape index (κ3) is 3.72. The summed E-state index contributed by atoms with van der Waals surface area (Å²) in [5, 5.41) is 8.96. The van der Waals surface area contributed by atoms with Gasteiger partial charge in [-0.1, -0.05) is 6.07 Å². The fourth-order valence-corrected chi connectivity index (χ4v) is 2.29. The molecule has 0 heterocycles. The summed E-state index contributed by atoms with van der Waals surface area (Å²) in [6.45, 7) is 2.12. The first-order valence-corrected chi connectivity index (χ1v) is 6.38. The van der Waals surface area contributed by atoms with Gasteiger partial charge < -0.3 is 4.74 Å². The van der Waals surface area contributed by atoms with Crippen molar-refractivity contribution in [3.63, 3.8) is 0 Å². The minimum atomic E-state index is -0.287. The lowest BCUT2D eigenvalue weighted by atomic mass is 10.0. The van der Waals surface area contributed by atoms with Crippen LogP contribution >= 0.6 is 27.5 Å². The molecule has 90 valence electrons. The Kier molecular flexibility index (Phi) is 5.46. The van der Waals surface area contributed by atoms with Crippen molar-refractivity contribution < 1.29 is 9.53 Å². The topological polar surface area (TPSA) is 50.1 Å². The van der Waals surface area contributed by atoms with Crippen molar-refractivity contribution in [3.8, 4) is 6.07 Å². The molecule has 1 aromatic carbocycles. The fourth-order valence-electron chi connectivity index (χ4n) is 1.44. The van der Waals surface area contributed by atoms with Crippen LogP contribution in [0.5, 0.6) is 0 Å². The van der Waals surface area contributed by atoms with E-state index in [1.165, 1.54) is 0 Å². The van der Waals surface area contributed by atoms with Crippen LogP contribution in [0.4, 0.5) is 0 Å². The van der Waals surface area contributed by atoms with Crippen molar-refractivity contribution in [2.75, 3.05) is 6.61 Å². The Hall–Kier alpha value is -1.05. The number of nitrogens with zero attached hydrogens (tertiary/aromatic N) is 1. The molecule has 0 aliphatic rings. The van der Waals surface area contributed by atoms with E-state index in [1.54, 1.807) is 19.1 Å². The molecule has 0 spiro atoms. The van der Waals surface area contributed by atoms with Crippen molar-refractivity contribution in [1.29, 1.82) is 5.26 Å². The summed E-state index contributed by atoms with van der Waals surface area (Å²) in [5.41, 5.74) is 2.00. The van der Waals surface area contributed by atoms with Gasteiger partial charge in [-0.3, -0.25) is 4.79 Å². The molecule has 0 radical (unpaired) electrons. The van der Waals surface area contributed by atoms with E-state index in [2.05, 4.69) is 22.0 Å². The Bertz CT molecular complexity index is 468. The maximum atomic E-state index is 11.3. The Morgan fingerprint density at radius 3 is 2.82 bits per heavy atom. The number of carbonyl (C=O) groups excluding carboxylic acids is 1. The van der Waals surface area contributed by atoms with Gasteiger partial charge in [-0.05, 0) is 40.0 Å². The lowest BCUT2D eigenvalue weighted by Crippen LogP contribution is -2.08. The van der Waals surface area contributed by atoms with Crippen molar-refractivity contribution >= 4 is 33.5 Å². The number of alkyl halides is 1. The molecule has 3 nitrogen and oxygen atoms in total. The summed E-state index contributed by atoms with van der Waals surface area (Å²) in [5.74, 6) is -0.0531. The van der Waals surface area contributed by atoms with Crippen molar-refractivity contribution in [2.45, 2.75) is 19.2 Å². The second-order valence-corrected chi connectivity index (χ2v) is 4.46. The van der Waals surface area contributed by atoms with Crippen LogP contribution in [0.25, 0.3) is 0 Å².